The van der Waals surface area contributed by atoms with Crippen molar-refractivity contribution in [1.82, 2.24) is 4.90 Å². The number of unbranched alkanes of at least 4 members (excludes halogenated alkanes) is 4. The predicted octanol–water partition coefficient (Wildman–Crippen LogP) is 4.36. The van der Waals surface area contributed by atoms with Gasteiger partial charge in [-0.05, 0) is 36.8 Å². The minimum atomic E-state index is 0.550. The van der Waals surface area contributed by atoms with Gasteiger partial charge in [-0.25, -0.2) is 0 Å². The number of hydrogen-bond donors (Lipinski definition) is 1. The average Bonchev–Trinajstić information content (AvgIpc) is 2.94. The summed E-state index contributed by atoms with van der Waals surface area (Å²) in [6.45, 7) is 6.62. The molecule has 20 heavy (non-hydrogen) atoms. The first-order chi connectivity index (χ1) is 9.77. The molecule has 0 fully saturated rings. The highest BCUT2D eigenvalue weighted by molar-refractivity contribution is 7.10. The molecule has 2 rings (SSSR count). The molecule has 0 amide bonds. The standard InChI is InChI=1S/C17H30N2S/c1-3-4-5-6-7-8-15(13-18)19-11-9-17-16(14(19)2)10-12-20-17/h10,12,14-15H,3-9,11,13,18H2,1-2H3. The van der Waals surface area contributed by atoms with Crippen LogP contribution in [0.25, 0.3) is 0 Å². The van der Waals surface area contributed by atoms with Gasteiger partial charge in [0.15, 0.2) is 0 Å². The Morgan fingerprint density at radius 2 is 2.15 bits per heavy atom. The van der Waals surface area contributed by atoms with E-state index in [1.54, 1.807) is 10.4 Å². The van der Waals surface area contributed by atoms with Gasteiger partial charge in [0, 0.05) is 30.1 Å². The normalized spacial score (nSPS) is 20.9. The maximum absolute atomic E-state index is 6.06. The quantitative estimate of drug-likeness (QED) is 0.722. The van der Waals surface area contributed by atoms with E-state index in [1.807, 2.05) is 11.3 Å². The van der Waals surface area contributed by atoms with E-state index in [2.05, 4.69) is 30.2 Å². The lowest BCUT2D eigenvalue weighted by Crippen LogP contribution is -2.45. The van der Waals surface area contributed by atoms with Gasteiger partial charge in [-0.2, -0.15) is 0 Å². The van der Waals surface area contributed by atoms with Gasteiger partial charge >= 0.3 is 0 Å². The minimum absolute atomic E-state index is 0.550. The first-order valence-corrected chi connectivity index (χ1v) is 9.18. The molecule has 2 N–H and O–H groups in total. The monoisotopic (exact) mass is 294 g/mol. The van der Waals surface area contributed by atoms with E-state index in [4.69, 9.17) is 5.73 Å². The van der Waals surface area contributed by atoms with Crippen molar-refractivity contribution in [1.29, 1.82) is 0 Å². The molecule has 2 heterocycles. The molecule has 0 radical (unpaired) electrons. The van der Waals surface area contributed by atoms with Gasteiger partial charge in [0.05, 0.1) is 0 Å². The third-order valence-electron chi connectivity index (χ3n) is 4.71. The van der Waals surface area contributed by atoms with E-state index in [1.165, 1.54) is 51.5 Å². The molecule has 1 aromatic rings. The van der Waals surface area contributed by atoms with Crippen LogP contribution in [0, 0.1) is 0 Å². The predicted molar refractivity (Wildman–Crippen MR) is 89.4 cm³/mol. The van der Waals surface area contributed by atoms with Crippen LogP contribution in [0.1, 0.15) is 68.9 Å². The largest absolute Gasteiger partial charge is 0.329 e. The van der Waals surface area contributed by atoms with E-state index in [-0.39, 0.29) is 0 Å². The van der Waals surface area contributed by atoms with Crippen molar-refractivity contribution in [2.75, 3.05) is 13.1 Å². The Morgan fingerprint density at radius 1 is 1.35 bits per heavy atom. The van der Waals surface area contributed by atoms with Gasteiger partial charge in [0.25, 0.3) is 0 Å². The smallest absolute Gasteiger partial charge is 0.0334 e. The van der Waals surface area contributed by atoms with E-state index in [0.717, 1.165) is 6.54 Å². The summed E-state index contributed by atoms with van der Waals surface area (Å²) in [4.78, 5) is 4.24. The van der Waals surface area contributed by atoms with E-state index in [0.29, 0.717) is 12.1 Å². The molecule has 0 bridgehead atoms. The first-order valence-electron chi connectivity index (χ1n) is 8.30. The van der Waals surface area contributed by atoms with Crippen molar-refractivity contribution < 1.29 is 0 Å². The second-order valence-electron chi connectivity index (χ2n) is 6.06. The van der Waals surface area contributed by atoms with Crippen LogP contribution in [-0.4, -0.2) is 24.0 Å². The van der Waals surface area contributed by atoms with Crippen molar-refractivity contribution in [2.24, 2.45) is 5.73 Å². The Labute approximate surface area is 128 Å². The number of rotatable bonds is 8. The molecule has 1 aromatic heterocycles. The molecular formula is C17H30N2S. The minimum Gasteiger partial charge on any atom is -0.329 e. The van der Waals surface area contributed by atoms with Gasteiger partial charge in [-0.1, -0.05) is 39.0 Å². The summed E-state index contributed by atoms with van der Waals surface area (Å²) in [5.41, 5.74) is 7.61. The van der Waals surface area contributed by atoms with Gasteiger partial charge in [-0.15, -0.1) is 11.3 Å². The summed E-state index contributed by atoms with van der Waals surface area (Å²) in [7, 11) is 0. The highest BCUT2D eigenvalue weighted by Crippen LogP contribution is 2.34. The zero-order chi connectivity index (χ0) is 14.4. The molecule has 0 aromatic carbocycles. The second-order valence-corrected chi connectivity index (χ2v) is 7.06. The summed E-state index contributed by atoms with van der Waals surface area (Å²) >= 11 is 1.92. The molecule has 2 unspecified atom stereocenters. The Hall–Kier alpha value is -0.380. The SMILES string of the molecule is CCCCCCCC(CN)N1CCc2sccc2C1C. The highest BCUT2D eigenvalue weighted by atomic mass is 32.1. The van der Waals surface area contributed by atoms with Crippen molar-refractivity contribution in [2.45, 2.75) is 70.9 Å². The van der Waals surface area contributed by atoms with E-state index >= 15 is 0 Å². The Kier molecular flexibility index (Phi) is 6.53. The molecule has 2 atom stereocenters. The lowest BCUT2D eigenvalue weighted by Gasteiger charge is -2.39. The third-order valence-corrected chi connectivity index (χ3v) is 5.70. The van der Waals surface area contributed by atoms with Crippen LogP contribution in [0.4, 0.5) is 0 Å². The maximum Gasteiger partial charge on any atom is 0.0334 e. The topological polar surface area (TPSA) is 29.3 Å². The average molecular weight is 295 g/mol. The summed E-state index contributed by atoms with van der Waals surface area (Å²) < 4.78 is 0. The fraction of sp³-hybridized carbons (Fsp3) is 0.765. The van der Waals surface area contributed by atoms with Crippen LogP contribution < -0.4 is 5.73 Å². The van der Waals surface area contributed by atoms with Crippen molar-refractivity contribution >= 4 is 11.3 Å². The van der Waals surface area contributed by atoms with Crippen molar-refractivity contribution in [3.8, 4) is 0 Å². The third kappa shape index (κ3) is 3.84. The maximum atomic E-state index is 6.06. The zero-order valence-corrected chi connectivity index (χ0v) is 13.9. The summed E-state index contributed by atoms with van der Waals surface area (Å²) in [5, 5.41) is 2.24. The molecule has 1 aliphatic heterocycles. The lowest BCUT2D eigenvalue weighted by atomic mass is 9.96. The number of nitrogens with zero attached hydrogens (tertiary/aromatic N) is 1. The van der Waals surface area contributed by atoms with Crippen LogP contribution in [0.15, 0.2) is 11.4 Å². The summed E-state index contributed by atoms with van der Waals surface area (Å²) in [6, 6.07) is 3.43. The zero-order valence-electron chi connectivity index (χ0n) is 13.1. The Bertz CT molecular complexity index is 388. The molecular weight excluding hydrogens is 264 g/mol. The van der Waals surface area contributed by atoms with Crippen molar-refractivity contribution in [3.63, 3.8) is 0 Å². The van der Waals surface area contributed by atoms with Crippen LogP contribution in [-0.2, 0) is 6.42 Å². The lowest BCUT2D eigenvalue weighted by molar-refractivity contribution is 0.129. The van der Waals surface area contributed by atoms with E-state index in [9.17, 15) is 0 Å². The van der Waals surface area contributed by atoms with Crippen LogP contribution in [0.5, 0.6) is 0 Å². The molecule has 0 spiro atoms. The number of thiophene rings is 1. The van der Waals surface area contributed by atoms with Crippen LogP contribution >= 0.6 is 11.3 Å². The molecule has 0 aliphatic carbocycles. The van der Waals surface area contributed by atoms with Gasteiger partial charge < -0.3 is 5.73 Å². The number of fused-ring (bicyclic) bond motifs is 1. The number of hydrogen-bond acceptors (Lipinski definition) is 3. The summed E-state index contributed by atoms with van der Waals surface area (Å²) in [5.74, 6) is 0. The fourth-order valence-electron chi connectivity index (χ4n) is 3.43. The molecule has 1 aliphatic rings. The van der Waals surface area contributed by atoms with Gasteiger partial charge in [0.2, 0.25) is 0 Å². The van der Waals surface area contributed by atoms with Gasteiger partial charge in [0.1, 0.15) is 0 Å². The molecule has 2 nitrogen and oxygen atoms in total. The van der Waals surface area contributed by atoms with Gasteiger partial charge in [-0.3, -0.25) is 4.90 Å². The first kappa shape index (κ1) is 16.0. The Morgan fingerprint density at radius 3 is 2.90 bits per heavy atom. The highest BCUT2D eigenvalue weighted by Gasteiger charge is 2.29. The summed E-state index contributed by atoms with van der Waals surface area (Å²) in [6.07, 6.45) is 9.28. The molecule has 3 heteroatoms. The number of nitrogens with two attached hydrogens (primary N) is 1. The van der Waals surface area contributed by atoms with Crippen LogP contribution in [0.3, 0.4) is 0 Å². The molecule has 0 saturated carbocycles. The van der Waals surface area contributed by atoms with Crippen molar-refractivity contribution in [3.05, 3.63) is 21.9 Å². The van der Waals surface area contributed by atoms with Crippen LogP contribution in [0.2, 0.25) is 0 Å². The molecule has 114 valence electrons. The molecule has 0 saturated heterocycles. The second kappa shape index (κ2) is 8.16. The van der Waals surface area contributed by atoms with E-state index < -0.39 is 0 Å². The Balaban J connectivity index is 1.85. The fourth-order valence-corrected chi connectivity index (χ4v) is 4.39.